The van der Waals surface area contributed by atoms with Crippen LogP contribution < -0.4 is 0 Å². The molecule has 0 spiro atoms. The van der Waals surface area contributed by atoms with E-state index in [1.165, 1.54) is 77.9 Å². The van der Waals surface area contributed by atoms with Crippen LogP contribution in [0.15, 0.2) is 83.9 Å². The van der Waals surface area contributed by atoms with E-state index in [-0.39, 0.29) is 7.25 Å². The van der Waals surface area contributed by atoms with Gasteiger partial charge in [-0.15, -0.1) is 0 Å². The molecule has 2 atom stereocenters. The molecule has 1 nitrogen and oxygen atoms in total. The van der Waals surface area contributed by atoms with Crippen molar-refractivity contribution in [2.75, 3.05) is 0 Å². The zero-order valence-corrected chi connectivity index (χ0v) is 40.4. The summed E-state index contributed by atoms with van der Waals surface area (Å²) < 4.78 is 2.99. The molecular formula is C46H61BCl2NSi2Zr. The van der Waals surface area contributed by atoms with Crippen molar-refractivity contribution in [3.63, 3.8) is 0 Å². The van der Waals surface area contributed by atoms with Crippen molar-refractivity contribution in [2.24, 2.45) is 0 Å². The van der Waals surface area contributed by atoms with Gasteiger partial charge in [-0.2, -0.15) is 0 Å². The van der Waals surface area contributed by atoms with Crippen LogP contribution in [0.2, 0.25) is 39.3 Å². The molecule has 0 N–H and O–H groups in total. The van der Waals surface area contributed by atoms with Crippen molar-refractivity contribution in [1.82, 2.24) is 4.14 Å². The molecule has 0 amide bonds. The zero-order valence-electron chi connectivity index (χ0n) is 34.5. The Hall–Kier alpha value is -1.72. The van der Waals surface area contributed by atoms with Crippen LogP contribution in [0.25, 0.3) is 34.4 Å². The average molecular weight is 857 g/mol. The van der Waals surface area contributed by atoms with E-state index in [0.29, 0.717) is 0 Å². The van der Waals surface area contributed by atoms with E-state index in [1.54, 1.807) is 0 Å². The molecule has 0 bridgehead atoms. The Bertz CT molecular complexity index is 1980. The monoisotopic (exact) mass is 854 g/mol. The van der Waals surface area contributed by atoms with Gasteiger partial charge in [0.25, 0.3) is 0 Å². The number of fused-ring (bicyclic) bond motifs is 2. The van der Waals surface area contributed by atoms with Gasteiger partial charge in [-0.1, -0.05) is 0 Å². The van der Waals surface area contributed by atoms with Gasteiger partial charge < -0.3 is 0 Å². The molecule has 2 unspecified atom stereocenters. The molecule has 6 rings (SSSR count). The Kier molecular flexibility index (Phi) is 11.6. The van der Waals surface area contributed by atoms with Crippen LogP contribution in [0.1, 0.15) is 91.3 Å². The summed E-state index contributed by atoms with van der Waals surface area (Å²) in [4.78, 5) is 0.827. The molecule has 0 saturated carbocycles. The second-order valence-electron chi connectivity index (χ2n) is 18.2. The first-order valence-electron chi connectivity index (χ1n) is 20.0. The van der Waals surface area contributed by atoms with Gasteiger partial charge in [0.15, 0.2) is 0 Å². The molecular weight excluding hydrogens is 796 g/mol. The quantitative estimate of drug-likeness (QED) is 0.128. The molecule has 279 valence electrons. The van der Waals surface area contributed by atoms with E-state index in [9.17, 15) is 0 Å². The fraction of sp³-hybridized carbons (Fsp3) is 0.391. The summed E-state index contributed by atoms with van der Waals surface area (Å²) in [6.07, 6.45) is 9.22. The first-order valence-corrected chi connectivity index (χ1v) is 37.8. The van der Waals surface area contributed by atoms with Crippen LogP contribution in [0.4, 0.5) is 0 Å². The number of hydrogen-bond acceptors (Lipinski definition) is 1. The van der Waals surface area contributed by atoms with Gasteiger partial charge in [0.2, 0.25) is 0 Å². The Morgan fingerprint density at radius 1 is 0.566 bits per heavy atom. The third-order valence-electron chi connectivity index (χ3n) is 12.4. The van der Waals surface area contributed by atoms with E-state index >= 15 is 0 Å². The number of nitrogens with zero attached hydrogens (tertiary/aromatic N) is 1. The maximum absolute atomic E-state index is 9.14. The number of benzene rings is 4. The van der Waals surface area contributed by atoms with Crippen LogP contribution in [-0.4, -0.2) is 25.6 Å². The first-order chi connectivity index (χ1) is 24.8. The summed E-state index contributed by atoms with van der Waals surface area (Å²) in [5.41, 5.74) is 18.9. The van der Waals surface area contributed by atoms with Gasteiger partial charge in [-0.05, 0) is 0 Å². The SMILES string of the molecule is CCCC1=Cc2c(-c3cccc(C)c3C)cccc2[CH]1[Zr]([Cl])([Cl])([BH]N([Si](C)(C)C)[Si](C)(C)C)[CH]1C(CCC)=Cc2c(-c3cccc(C)c3C)cccc21. The van der Waals surface area contributed by atoms with Crippen LogP contribution in [0.3, 0.4) is 0 Å². The van der Waals surface area contributed by atoms with Crippen LogP contribution in [-0.2, 0) is 16.2 Å². The van der Waals surface area contributed by atoms with E-state index in [2.05, 4.69) is 170 Å². The van der Waals surface area contributed by atoms with Gasteiger partial charge >= 0.3 is 335 Å². The summed E-state index contributed by atoms with van der Waals surface area (Å²) in [6, 6.07) is 27.5. The molecule has 4 aromatic carbocycles. The molecule has 0 saturated heterocycles. The van der Waals surface area contributed by atoms with Gasteiger partial charge in [0, 0.05) is 0 Å². The fourth-order valence-corrected chi connectivity index (χ4v) is 52.3. The van der Waals surface area contributed by atoms with Crippen molar-refractivity contribution < 1.29 is 16.2 Å². The minimum atomic E-state index is -5.27. The Morgan fingerprint density at radius 3 is 1.28 bits per heavy atom. The number of halogens is 2. The van der Waals surface area contributed by atoms with Crippen LogP contribution in [0.5, 0.6) is 0 Å². The molecule has 0 heterocycles. The van der Waals surface area contributed by atoms with Crippen molar-refractivity contribution in [3.05, 3.63) is 128 Å². The summed E-state index contributed by atoms with van der Waals surface area (Å²) in [7, 11) is 14.6. The average Bonchev–Trinajstić information content (AvgIpc) is 3.65. The van der Waals surface area contributed by atoms with Crippen LogP contribution >= 0.6 is 17.0 Å². The van der Waals surface area contributed by atoms with E-state index in [0.717, 1.165) is 30.6 Å². The third kappa shape index (κ3) is 7.35. The Labute approximate surface area is 332 Å². The second-order valence-corrected chi connectivity index (χ2v) is 50.4. The second kappa shape index (κ2) is 15.0. The number of rotatable bonds is 12. The fourth-order valence-electron chi connectivity index (χ4n) is 10.0. The number of hydrogen-bond donors (Lipinski definition) is 0. The zero-order chi connectivity index (χ0) is 38.7. The number of allylic oxidation sites excluding steroid dienone is 2. The molecule has 53 heavy (non-hydrogen) atoms. The molecule has 0 radical (unpaired) electrons. The molecule has 0 aliphatic heterocycles. The van der Waals surface area contributed by atoms with E-state index in [1.807, 2.05) is 0 Å². The molecule has 7 heteroatoms. The van der Waals surface area contributed by atoms with Crippen molar-refractivity contribution in [2.45, 2.75) is 114 Å². The third-order valence-corrected chi connectivity index (χ3v) is 39.5. The van der Waals surface area contributed by atoms with E-state index < -0.39 is 32.6 Å². The van der Waals surface area contributed by atoms with E-state index in [4.69, 9.17) is 17.0 Å². The molecule has 0 aromatic heterocycles. The normalized spacial score (nSPS) is 18.0. The van der Waals surface area contributed by atoms with Gasteiger partial charge in [-0.25, -0.2) is 0 Å². The summed E-state index contributed by atoms with van der Waals surface area (Å²) >= 11 is -5.27. The van der Waals surface area contributed by atoms with Gasteiger partial charge in [0.1, 0.15) is 0 Å². The van der Waals surface area contributed by atoms with Crippen molar-refractivity contribution >= 4 is 50.6 Å². The predicted octanol–water partition coefficient (Wildman–Crippen LogP) is 14.7. The molecule has 2 aliphatic carbocycles. The van der Waals surface area contributed by atoms with Gasteiger partial charge in [-0.3, -0.25) is 0 Å². The molecule has 2 aliphatic rings. The molecule has 4 aromatic rings. The Balaban J connectivity index is 1.69. The summed E-state index contributed by atoms with van der Waals surface area (Å²) in [5, 5.41) is 0. The topological polar surface area (TPSA) is 3.24 Å². The maximum atomic E-state index is 9.14. The first kappa shape index (κ1) is 40.9. The van der Waals surface area contributed by atoms with Crippen molar-refractivity contribution in [3.8, 4) is 22.3 Å². The standard InChI is InChI=1S/2C20H21.C6H19BNSi2.2ClH.Zr/c2*1-4-7-16-12-17-9-6-11-19(20(17)13-16)18-10-5-8-14(2)15(18)3;1-9(2,3)8(7)10(4,5)6;;;/h2*5-6,8-13H,4,7H2,1-3H3;7H,1-6H3;2*1H;/q;;+1;;;+1/p-2. The predicted molar refractivity (Wildman–Crippen MR) is 241 cm³/mol. The van der Waals surface area contributed by atoms with Gasteiger partial charge in [0.05, 0.1) is 0 Å². The summed E-state index contributed by atoms with van der Waals surface area (Å²) in [5.74, 6) is 0. The molecule has 0 fully saturated rings. The minimum absolute atomic E-state index is 0.0237. The summed E-state index contributed by atoms with van der Waals surface area (Å²) in [6.45, 7) is 28.7. The Morgan fingerprint density at radius 2 is 0.925 bits per heavy atom. The van der Waals surface area contributed by atoms with Crippen LogP contribution in [0, 0.1) is 27.7 Å². The van der Waals surface area contributed by atoms with Crippen molar-refractivity contribution in [1.29, 1.82) is 0 Å². The number of aryl methyl sites for hydroxylation is 2.